The molecule has 0 aliphatic heterocycles. The molecule has 2 aromatic carbocycles. The maximum absolute atomic E-state index is 13.0. The lowest BCUT2D eigenvalue weighted by Crippen LogP contribution is -2.32. The summed E-state index contributed by atoms with van der Waals surface area (Å²) >= 11 is 0. The van der Waals surface area contributed by atoms with E-state index in [9.17, 15) is 9.18 Å². The minimum Gasteiger partial charge on any atom is -0.419 e. The monoisotopic (exact) mass is 444 g/mol. The fraction of sp³-hybridized carbons (Fsp3) is 0.308. The minimum atomic E-state index is -0.294. The lowest BCUT2D eigenvalue weighted by Gasteiger charge is -2.26. The van der Waals surface area contributed by atoms with Gasteiger partial charge in [0.05, 0.1) is 6.42 Å². The third-order valence-corrected chi connectivity index (χ3v) is 6.38. The summed E-state index contributed by atoms with van der Waals surface area (Å²) in [6.45, 7) is 0.655. The molecule has 0 radical (unpaired) electrons. The molecule has 0 atom stereocenters. The summed E-state index contributed by atoms with van der Waals surface area (Å²) < 4.78 is 19.0. The minimum absolute atomic E-state index is 0.0344. The van der Waals surface area contributed by atoms with Crippen molar-refractivity contribution >= 4 is 16.7 Å². The predicted octanol–water partition coefficient (Wildman–Crippen LogP) is 5.06. The van der Waals surface area contributed by atoms with Crippen LogP contribution in [0.5, 0.6) is 0 Å². The summed E-state index contributed by atoms with van der Waals surface area (Å²) in [5.41, 5.74) is 1.52. The van der Waals surface area contributed by atoms with E-state index in [0.717, 1.165) is 42.0 Å². The normalized spacial score (nSPS) is 18.3. The Bertz CT molecular complexity index is 1240. The third-order valence-electron chi connectivity index (χ3n) is 6.38. The highest BCUT2D eigenvalue weighted by molar-refractivity contribution is 5.92. The number of halogens is 1. The van der Waals surface area contributed by atoms with Crippen LogP contribution in [0.3, 0.4) is 0 Å². The van der Waals surface area contributed by atoms with E-state index in [1.54, 1.807) is 18.3 Å². The maximum Gasteiger partial charge on any atom is 0.266 e. The van der Waals surface area contributed by atoms with Gasteiger partial charge in [-0.15, -0.1) is 10.2 Å². The highest BCUT2D eigenvalue weighted by Gasteiger charge is 2.27. The topological polar surface area (TPSA) is 80.9 Å². The number of carbonyl (C=O) groups excluding carboxylic acids is 1. The van der Waals surface area contributed by atoms with Crippen molar-refractivity contribution in [1.82, 2.24) is 20.5 Å². The molecule has 168 valence electrons. The van der Waals surface area contributed by atoms with Gasteiger partial charge in [0.2, 0.25) is 11.8 Å². The van der Waals surface area contributed by atoms with Gasteiger partial charge in [-0.3, -0.25) is 9.78 Å². The molecule has 6 nitrogen and oxygen atoms in total. The summed E-state index contributed by atoms with van der Waals surface area (Å²) in [5.74, 6) is 1.45. The summed E-state index contributed by atoms with van der Waals surface area (Å²) in [5, 5.41) is 13.7. The molecule has 2 heterocycles. The Morgan fingerprint density at radius 1 is 1.00 bits per heavy atom. The summed E-state index contributed by atoms with van der Waals surface area (Å²) in [6.07, 6.45) is 5.91. The molecule has 1 amide bonds. The molecule has 0 bridgehead atoms. The van der Waals surface area contributed by atoms with Crippen LogP contribution in [0.2, 0.25) is 0 Å². The van der Waals surface area contributed by atoms with E-state index in [1.807, 2.05) is 30.3 Å². The molecule has 1 saturated carbocycles. The number of fused-ring (bicyclic) bond motifs is 1. The Morgan fingerprint density at radius 3 is 2.61 bits per heavy atom. The van der Waals surface area contributed by atoms with E-state index in [4.69, 9.17) is 4.42 Å². The first-order chi connectivity index (χ1) is 16.2. The number of aromatic nitrogens is 3. The van der Waals surface area contributed by atoms with Gasteiger partial charge < -0.3 is 9.73 Å². The average molecular weight is 445 g/mol. The molecule has 33 heavy (non-hydrogen) atoms. The molecule has 1 aliphatic carbocycles. The van der Waals surface area contributed by atoms with Gasteiger partial charge >= 0.3 is 0 Å². The van der Waals surface area contributed by atoms with Gasteiger partial charge in [-0.05, 0) is 60.7 Å². The number of benzene rings is 2. The van der Waals surface area contributed by atoms with Gasteiger partial charge in [-0.2, -0.15) is 0 Å². The van der Waals surface area contributed by atoms with E-state index in [2.05, 4.69) is 20.5 Å². The average Bonchev–Trinajstić information content (AvgIpc) is 3.34. The summed E-state index contributed by atoms with van der Waals surface area (Å²) in [4.78, 5) is 16.7. The first-order valence-corrected chi connectivity index (χ1v) is 11.3. The fourth-order valence-electron chi connectivity index (χ4n) is 4.51. The number of hydrogen-bond donors (Lipinski definition) is 1. The molecule has 0 spiro atoms. The quantitative estimate of drug-likeness (QED) is 0.450. The van der Waals surface area contributed by atoms with Crippen molar-refractivity contribution in [3.8, 4) is 11.6 Å². The summed E-state index contributed by atoms with van der Waals surface area (Å²) in [6, 6.07) is 16.0. The van der Waals surface area contributed by atoms with Crippen molar-refractivity contribution in [2.45, 2.75) is 38.0 Å². The second kappa shape index (κ2) is 9.48. The van der Waals surface area contributed by atoms with Crippen molar-refractivity contribution in [3.05, 3.63) is 78.1 Å². The first-order valence-electron chi connectivity index (χ1n) is 11.3. The Labute approximate surface area is 191 Å². The van der Waals surface area contributed by atoms with Crippen LogP contribution in [-0.2, 0) is 11.2 Å². The second-order valence-electron chi connectivity index (χ2n) is 8.65. The molecule has 1 aliphatic rings. The van der Waals surface area contributed by atoms with Crippen LogP contribution in [0.15, 0.2) is 65.2 Å². The highest BCUT2D eigenvalue weighted by atomic mass is 19.1. The van der Waals surface area contributed by atoms with Crippen LogP contribution in [0.4, 0.5) is 4.39 Å². The zero-order valence-electron chi connectivity index (χ0n) is 18.2. The number of nitrogens with zero attached hydrogens (tertiary/aromatic N) is 3. The Balaban J connectivity index is 1.14. The van der Waals surface area contributed by atoms with Gasteiger partial charge in [0.1, 0.15) is 11.5 Å². The zero-order valence-corrected chi connectivity index (χ0v) is 18.2. The Kier molecular flexibility index (Phi) is 6.11. The number of hydrogen-bond acceptors (Lipinski definition) is 5. The lowest BCUT2D eigenvalue weighted by atomic mass is 9.82. The van der Waals surface area contributed by atoms with Crippen LogP contribution in [0, 0.1) is 11.7 Å². The molecule has 0 saturated heterocycles. The number of carbonyl (C=O) groups is 1. The molecule has 7 heteroatoms. The largest absolute Gasteiger partial charge is 0.419 e. The van der Waals surface area contributed by atoms with E-state index in [1.165, 1.54) is 12.1 Å². The van der Waals surface area contributed by atoms with Crippen molar-refractivity contribution in [2.24, 2.45) is 5.92 Å². The molecular formula is C26H25FN4O2. The van der Waals surface area contributed by atoms with Crippen LogP contribution in [0.1, 0.15) is 43.1 Å². The highest BCUT2D eigenvalue weighted by Crippen LogP contribution is 2.36. The van der Waals surface area contributed by atoms with Gasteiger partial charge in [0.25, 0.3) is 5.89 Å². The smallest absolute Gasteiger partial charge is 0.266 e. The Hall–Kier alpha value is -3.61. The Morgan fingerprint density at radius 2 is 1.79 bits per heavy atom. The number of pyridine rings is 1. The molecule has 5 rings (SSSR count). The number of rotatable bonds is 6. The van der Waals surface area contributed by atoms with Crippen molar-refractivity contribution in [1.29, 1.82) is 0 Å². The van der Waals surface area contributed by atoms with Gasteiger partial charge in [-0.1, -0.05) is 36.4 Å². The van der Waals surface area contributed by atoms with E-state index in [-0.39, 0.29) is 24.1 Å². The lowest BCUT2D eigenvalue weighted by molar-refractivity contribution is -0.120. The van der Waals surface area contributed by atoms with E-state index in [0.29, 0.717) is 29.9 Å². The second-order valence-corrected chi connectivity index (χ2v) is 8.65. The van der Waals surface area contributed by atoms with Crippen molar-refractivity contribution in [3.63, 3.8) is 0 Å². The first kappa shape index (κ1) is 21.2. The third kappa shape index (κ3) is 4.92. The molecule has 2 aromatic heterocycles. The van der Waals surface area contributed by atoms with Crippen LogP contribution in [-0.4, -0.2) is 27.6 Å². The number of nitrogens with one attached hydrogen (secondary N) is 1. The van der Waals surface area contributed by atoms with Crippen LogP contribution < -0.4 is 5.32 Å². The maximum atomic E-state index is 13.0. The van der Waals surface area contributed by atoms with Gasteiger partial charge in [-0.25, -0.2) is 4.39 Å². The zero-order chi connectivity index (χ0) is 22.6. The van der Waals surface area contributed by atoms with Crippen LogP contribution in [0.25, 0.3) is 22.4 Å². The van der Waals surface area contributed by atoms with E-state index >= 15 is 0 Å². The van der Waals surface area contributed by atoms with Crippen LogP contribution >= 0.6 is 0 Å². The standard InChI is InChI=1S/C26H25FN4O2/c27-21-11-7-17(8-12-21)15-23(32)29-16-18-5-9-20(10-6-18)25-30-31-26(33-25)24-22-4-2-1-3-19(22)13-14-28-24/h1-4,7-8,11-14,18,20H,5-6,9-10,15-16H2,(H,29,32). The molecular weight excluding hydrogens is 419 g/mol. The SMILES string of the molecule is O=C(Cc1ccc(F)cc1)NCC1CCC(c2nnc(-c3nccc4ccccc34)o2)CC1. The predicted molar refractivity (Wildman–Crippen MR) is 123 cm³/mol. The molecule has 4 aromatic rings. The molecule has 1 fully saturated rings. The summed E-state index contributed by atoms with van der Waals surface area (Å²) in [7, 11) is 0. The fourth-order valence-corrected chi connectivity index (χ4v) is 4.51. The molecule has 1 N–H and O–H groups in total. The van der Waals surface area contributed by atoms with E-state index < -0.39 is 0 Å². The van der Waals surface area contributed by atoms with Crippen molar-refractivity contribution in [2.75, 3.05) is 6.54 Å². The molecule has 0 unspecified atom stereocenters. The van der Waals surface area contributed by atoms with Gasteiger partial charge in [0, 0.05) is 24.0 Å². The number of amides is 1. The van der Waals surface area contributed by atoms with Crippen molar-refractivity contribution < 1.29 is 13.6 Å². The van der Waals surface area contributed by atoms with Gasteiger partial charge in [0.15, 0.2) is 0 Å².